The second kappa shape index (κ2) is 9.12. The number of rotatable bonds is 8. The van der Waals surface area contributed by atoms with Crippen LogP contribution in [0, 0.1) is 0 Å². The highest BCUT2D eigenvalue weighted by Crippen LogP contribution is 2.22. The maximum absolute atomic E-state index is 6.09. The zero-order valence-electron chi connectivity index (χ0n) is 17.5. The molecule has 0 aliphatic carbocycles. The van der Waals surface area contributed by atoms with Crippen molar-refractivity contribution in [3.63, 3.8) is 0 Å². The van der Waals surface area contributed by atoms with Crippen LogP contribution in [0.4, 0.5) is 34.8 Å². The number of anilines is 6. The number of nitrogens with one attached hydrogen (secondary N) is 2. The molecule has 0 fully saturated rings. The van der Waals surface area contributed by atoms with Crippen LogP contribution >= 0.6 is 0 Å². The first-order chi connectivity index (χ1) is 15.2. The third-order valence-electron chi connectivity index (χ3n) is 4.80. The molecular weight excluding hydrogens is 390 g/mol. The van der Waals surface area contributed by atoms with Crippen molar-refractivity contribution in [3.8, 4) is 5.82 Å². The van der Waals surface area contributed by atoms with E-state index in [9.17, 15) is 0 Å². The Bertz CT molecular complexity index is 1120. The van der Waals surface area contributed by atoms with Crippen molar-refractivity contribution in [1.82, 2.24) is 24.7 Å². The molecule has 0 saturated carbocycles. The molecule has 2 aromatic heterocycles. The molecule has 0 bridgehead atoms. The van der Waals surface area contributed by atoms with E-state index in [2.05, 4.69) is 61.6 Å². The highest BCUT2D eigenvalue weighted by atomic mass is 15.4. The zero-order valence-corrected chi connectivity index (χ0v) is 17.5. The minimum absolute atomic E-state index is 0.228. The number of para-hydroxylation sites is 1. The van der Waals surface area contributed by atoms with Gasteiger partial charge >= 0.3 is 0 Å². The molecular formula is C22H25N9. The lowest BCUT2D eigenvalue weighted by molar-refractivity contribution is 0.852. The van der Waals surface area contributed by atoms with E-state index in [4.69, 9.17) is 5.73 Å². The Morgan fingerprint density at radius 2 is 1.61 bits per heavy atom. The van der Waals surface area contributed by atoms with Gasteiger partial charge in [0, 0.05) is 36.2 Å². The Kier molecular flexibility index (Phi) is 5.93. The standard InChI is InChI=1S/C22H25N9/c1-3-30(4-2)18-12-10-17(11-13-18)27-22-28-21(23)31(29-22)20-14-19(24-15-25-20)26-16-8-6-5-7-9-16/h5-15H,3-4H2,1-2H3,(H,24,25,26)(H3,23,27,28,29). The molecule has 0 unspecified atom stereocenters. The van der Waals surface area contributed by atoms with Crippen LogP contribution in [0.15, 0.2) is 67.0 Å². The summed E-state index contributed by atoms with van der Waals surface area (Å²) in [4.78, 5) is 15.1. The van der Waals surface area contributed by atoms with Gasteiger partial charge in [-0.1, -0.05) is 18.2 Å². The minimum Gasteiger partial charge on any atom is -0.372 e. The molecule has 0 aliphatic heterocycles. The molecule has 4 aromatic rings. The van der Waals surface area contributed by atoms with Crippen LogP contribution in [0.25, 0.3) is 5.82 Å². The SMILES string of the molecule is CCN(CC)c1ccc(Nc2nc(N)n(-c3cc(Nc4ccccc4)ncn3)n2)cc1. The van der Waals surface area contributed by atoms with Gasteiger partial charge in [-0.3, -0.25) is 0 Å². The maximum atomic E-state index is 6.09. The van der Waals surface area contributed by atoms with E-state index in [1.807, 2.05) is 42.5 Å². The van der Waals surface area contributed by atoms with E-state index in [-0.39, 0.29) is 5.95 Å². The van der Waals surface area contributed by atoms with E-state index in [0.29, 0.717) is 17.6 Å². The summed E-state index contributed by atoms with van der Waals surface area (Å²) >= 11 is 0. The van der Waals surface area contributed by atoms with Crippen molar-refractivity contribution in [3.05, 3.63) is 67.0 Å². The number of nitrogens with two attached hydrogens (primary N) is 1. The van der Waals surface area contributed by atoms with Gasteiger partial charge in [0.1, 0.15) is 12.1 Å². The lowest BCUT2D eigenvalue weighted by Crippen LogP contribution is -2.21. The van der Waals surface area contributed by atoms with Gasteiger partial charge in [-0.25, -0.2) is 9.97 Å². The number of nitrogens with zero attached hydrogens (tertiary/aromatic N) is 6. The second-order valence-corrected chi connectivity index (χ2v) is 6.80. The summed E-state index contributed by atoms with van der Waals surface area (Å²) in [5, 5.41) is 10.9. The summed E-state index contributed by atoms with van der Waals surface area (Å²) in [5.41, 5.74) is 9.07. The summed E-state index contributed by atoms with van der Waals surface area (Å²) in [5.74, 6) is 1.77. The number of hydrogen-bond acceptors (Lipinski definition) is 8. The molecule has 0 radical (unpaired) electrons. The van der Waals surface area contributed by atoms with Gasteiger partial charge in [-0.2, -0.15) is 9.67 Å². The smallest absolute Gasteiger partial charge is 0.248 e. The Balaban J connectivity index is 1.51. The first-order valence-electron chi connectivity index (χ1n) is 10.1. The van der Waals surface area contributed by atoms with Crippen LogP contribution in [0.5, 0.6) is 0 Å². The lowest BCUT2D eigenvalue weighted by Gasteiger charge is -2.21. The lowest BCUT2D eigenvalue weighted by atomic mass is 10.2. The summed E-state index contributed by atoms with van der Waals surface area (Å²) < 4.78 is 1.48. The Labute approximate surface area is 181 Å². The van der Waals surface area contributed by atoms with Gasteiger partial charge in [0.05, 0.1) is 0 Å². The predicted molar refractivity (Wildman–Crippen MR) is 124 cm³/mol. The Morgan fingerprint density at radius 1 is 0.903 bits per heavy atom. The van der Waals surface area contributed by atoms with Gasteiger partial charge in [0.2, 0.25) is 11.9 Å². The molecule has 2 heterocycles. The van der Waals surface area contributed by atoms with Crippen molar-refractivity contribution in [2.75, 3.05) is 34.4 Å². The molecule has 4 N–H and O–H groups in total. The van der Waals surface area contributed by atoms with Crippen molar-refractivity contribution in [2.45, 2.75) is 13.8 Å². The summed E-state index contributed by atoms with van der Waals surface area (Å²) in [7, 11) is 0. The molecule has 158 valence electrons. The molecule has 9 heteroatoms. The normalized spacial score (nSPS) is 10.6. The summed E-state index contributed by atoms with van der Waals surface area (Å²) in [6.07, 6.45) is 1.46. The first kappa shape index (κ1) is 20.1. The fraction of sp³-hybridized carbons (Fsp3) is 0.182. The molecule has 0 amide bonds. The molecule has 0 aliphatic rings. The van der Waals surface area contributed by atoms with E-state index >= 15 is 0 Å². The van der Waals surface area contributed by atoms with Crippen molar-refractivity contribution in [1.29, 1.82) is 0 Å². The first-order valence-corrected chi connectivity index (χ1v) is 10.1. The van der Waals surface area contributed by atoms with Crippen LogP contribution in [-0.2, 0) is 0 Å². The van der Waals surface area contributed by atoms with Gasteiger partial charge in [-0.05, 0) is 50.2 Å². The highest BCUT2D eigenvalue weighted by molar-refractivity contribution is 5.60. The molecule has 9 nitrogen and oxygen atoms in total. The number of hydrogen-bond donors (Lipinski definition) is 3. The highest BCUT2D eigenvalue weighted by Gasteiger charge is 2.12. The monoisotopic (exact) mass is 415 g/mol. The van der Waals surface area contributed by atoms with Crippen LogP contribution in [0.1, 0.15) is 13.8 Å². The van der Waals surface area contributed by atoms with E-state index in [1.165, 1.54) is 16.7 Å². The molecule has 2 aromatic carbocycles. The summed E-state index contributed by atoms with van der Waals surface area (Å²) in [6, 6.07) is 19.7. The average Bonchev–Trinajstić information content (AvgIpc) is 3.16. The fourth-order valence-electron chi connectivity index (χ4n) is 3.22. The van der Waals surface area contributed by atoms with Crippen LogP contribution in [0.2, 0.25) is 0 Å². The Hall–Kier alpha value is -4.14. The minimum atomic E-state index is 0.228. The van der Waals surface area contributed by atoms with Crippen molar-refractivity contribution >= 4 is 34.8 Å². The number of benzene rings is 2. The van der Waals surface area contributed by atoms with Crippen molar-refractivity contribution < 1.29 is 0 Å². The number of aromatic nitrogens is 5. The molecule has 4 rings (SSSR count). The molecule has 0 atom stereocenters. The van der Waals surface area contributed by atoms with Crippen LogP contribution in [0.3, 0.4) is 0 Å². The van der Waals surface area contributed by atoms with E-state index in [0.717, 1.165) is 24.5 Å². The fourth-order valence-corrected chi connectivity index (χ4v) is 3.22. The van der Waals surface area contributed by atoms with Gasteiger partial charge in [-0.15, -0.1) is 5.10 Å². The maximum Gasteiger partial charge on any atom is 0.248 e. The van der Waals surface area contributed by atoms with E-state index in [1.54, 1.807) is 6.07 Å². The number of nitrogen functional groups attached to an aromatic ring is 1. The summed E-state index contributed by atoms with van der Waals surface area (Å²) in [6.45, 7) is 6.21. The quantitative estimate of drug-likeness (QED) is 0.396. The van der Waals surface area contributed by atoms with E-state index < -0.39 is 0 Å². The molecule has 0 saturated heterocycles. The Morgan fingerprint density at radius 3 is 2.32 bits per heavy atom. The second-order valence-electron chi connectivity index (χ2n) is 6.80. The third kappa shape index (κ3) is 4.72. The predicted octanol–water partition coefficient (Wildman–Crippen LogP) is 3.97. The molecule has 31 heavy (non-hydrogen) atoms. The largest absolute Gasteiger partial charge is 0.372 e. The van der Waals surface area contributed by atoms with Crippen molar-refractivity contribution in [2.24, 2.45) is 0 Å². The van der Waals surface area contributed by atoms with Gasteiger partial charge in [0.15, 0.2) is 5.82 Å². The van der Waals surface area contributed by atoms with Gasteiger partial charge < -0.3 is 21.3 Å². The van der Waals surface area contributed by atoms with Crippen LogP contribution in [-0.4, -0.2) is 37.8 Å². The van der Waals surface area contributed by atoms with Crippen LogP contribution < -0.4 is 21.3 Å². The molecule has 0 spiro atoms. The average molecular weight is 416 g/mol. The van der Waals surface area contributed by atoms with Gasteiger partial charge in [0.25, 0.3) is 0 Å². The topological polar surface area (TPSA) is 110 Å². The third-order valence-corrected chi connectivity index (χ3v) is 4.80. The zero-order chi connectivity index (χ0) is 21.6.